The average Bonchev–Trinajstić information content (AvgIpc) is 2.98. The number of piperidine rings is 1. The van der Waals surface area contributed by atoms with E-state index in [1.807, 2.05) is 0 Å². The van der Waals surface area contributed by atoms with Crippen molar-refractivity contribution in [2.45, 2.75) is 25.9 Å². The zero-order valence-corrected chi connectivity index (χ0v) is 16.4. The maximum Gasteiger partial charge on any atom is 0.387 e. The van der Waals surface area contributed by atoms with Gasteiger partial charge >= 0.3 is 6.61 Å². The molecule has 1 saturated heterocycles. The second-order valence-corrected chi connectivity index (χ2v) is 7.63. The summed E-state index contributed by atoms with van der Waals surface area (Å²) in [6.07, 6.45) is 5.07. The van der Waals surface area contributed by atoms with Crippen LogP contribution in [-0.2, 0) is 4.79 Å². The largest absolute Gasteiger partial charge is 0.493 e. The van der Waals surface area contributed by atoms with E-state index in [-0.39, 0.29) is 17.4 Å². The number of halogens is 3. The van der Waals surface area contributed by atoms with Gasteiger partial charge in [0.05, 0.1) is 16.5 Å². The summed E-state index contributed by atoms with van der Waals surface area (Å²) in [4.78, 5) is 19.0. The molecule has 3 rings (SSSR count). The first-order valence-corrected chi connectivity index (χ1v) is 9.68. The maximum atomic E-state index is 12.5. The highest BCUT2D eigenvalue weighted by molar-refractivity contribution is 9.10. The number of likely N-dealkylation sites (tertiary alicyclic amines) is 1. The van der Waals surface area contributed by atoms with Crippen LogP contribution in [0.5, 0.6) is 11.5 Å². The molecule has 1 aromatic carbocycles. The molecule has 0 aromatic heterocycles. The third-order valence-corrected chi connectivity index (χ3v) is 5.63. The number of hydrogen-bond acceptors (Lipinski definition) is 5. The summed E-state index contributed by atoms with van der Waals surface area (Å²) in [6, 6.07) is 3.14. The highest BCUT2D eigenvalue weighted by Crippen LogP contribution is 2.39. The van der Waals surface area contributed by atoms with Gasteiger partial charge in [-0.2, -0.15) is 13.8 Å². The molecule has 0 unspecified atom stereocenters. The van der Waals surface area contributed by atoms with Crippen molar-refractivity contribution in [2.24, 2.45) is 4.99 Å². The van der Waals surface area contributed by atoms with E-state index in [0.29, 0.717) is 14.9 Å². The third kappa shape index (κ3) is 4.37. The zero-order valence-electron chi connectivity index (χ0n) is 14.0. The molecule has 5 nitrogen and oxygen atoms in total. The minimum Gasteiger partial charge on any atom is -0.493 e. The number of amidine groups is 1. The van der Waals surface area contributed by atoms with Crippen molar-refractivity contribution in [2.75, 3.05) is 20.2 Å². The molecule has 140 valence electrons. The molecule has 1 amide bonds. The minimum absolute atomic E-state index is 0.0830. The van der Waals surface area contributed by atoms with Gasteiger partial charge in [0.2, 0.25) is 0 Å². The fourth-order valence-corrected chi connectivity index (χ4v) is 4.31. The Balaban J connectivity index is 1.82. The van der Waals surface area contributed by atoms with Crippen LogP contribution in [0, 0.1) is 0 Å². The molecule has 26 heavy (non-hydrogen) atoms. The van der Waals surface area contributed by atoms with Gasteiger partial charge in [-0.3, -0.25) is 4.79 Å². The van der Waals surface area contributed by atoms with Crippen LogP contribution in [-0.4, -0.2) is 42.8 Å². The van der Waals surface area contributed by atoms with Gasteiger partial charge in [0, 0.05) is 13.1 Å². The number of aliphatic imine (C=N–C) groups is 1. The molecule has 1 fully saturated rings. The predicted octanol–water partition coefficient (Wildman–Crippen LogP) is 4.52. The summed E-state index contributed by atoms with van der Waals surface area (Å²) in [7, 11) is 1.37. The van der Waals surface area contributed by atoms with E-state index >= 15 is 0 Å². The van der Waals surface area contributed by atoms with Crippen LogP contribution in [0.15, 0.2) is 26.5 Å². The summed E-state index contributed by atoms with van der Waals surface area (Å²) >= 11 is 4.54. The number of hydrogen-bond donors (Lipinski definition) is 0. The van der Waals surface area contributed by atoms with Crippen LogP contribution in [0.25, 0.3) is 6.08 Å². The Morgan fingerprint density at radius 2 is 2.04 bits per heavy atom. The lowest BCUT2D eigenvalue weighted by Gasteiger charge is -2.27. The Morgan fingerprint density at radius 3 is 2.69 bits per heavy atom. The molecule has 0 atom stereocenters. The van der Waals surface area contributed by atoms with Gasteiger partial charge in [0.1, 0.15) is 0 Å². The van der Waals surface area contributed by atoms with Crippen LogP contribution in [0.1, 0.15) is 24.8 Å². The number of ether oxygens (including phenoxy) is 2. The summed E-state index contributed by atoms with van der Waals surface area (Å²) in [6.45, 7) is -1.14. The minimum atomic E-state index is -2.96. The lowest BCUT2D eigenvalue weighted by Crippen LogP contribution is -2.33. The van der Waals surface area contributed by atoms with Crippen LogP contribution in [0.4, 0.5) is 8.78 Å². The lowest BCUT2D eigenvalue weighted by atomic mass is 10.1. The summed E-state index contributed by atoms with van der Waals surface area (Å²) in [5.74, 6) is -0.224. The highest BCUT2D eigenvalue weighted by atomic mass is 79.9. The standard InChI is InChI=1S/C17H17BrF2N2O3S/c1-24-12-8-10(7-11(18)14(12)25-16(19)20)9-13-15(23)21-17(26-13)22-5-3-2-4-6-22/h7-9,16H,2-6H2,1H3/b13-9+. The fourth-order valence-electron chi connectivity index (χ4n) is 2.80. The van der Waals surface area contributed by atoms with Crippen molar-refractivity contribution in [1.29, 1.82) is 0 Å². The molecule has 2 heterocycles. The van der Waals surface area contributed by atoms with E-state index in [1.54, 1.807) is 18.2 Å². The van der Waals surface area contributed by atoms with Crippen LogP contribution < -0.4 is 9.47 Å². The molecule has 0 N–H and O–H groups in total. The van der Waals surface area contributed by atoms with Gasteiger partial charge in [0.25, 0.3) is 5.91 Å². The molecule has 1 aromatic rings. The van der Waals surface area contributed by atoms with Crippen molar-refractivity contribution >= 4 is 44.8 Å². The van der Waals surface area contributed by atoms with Crippen molar-refractivity contribution in [3.63, 3.8) is 0 Å². The second-order valence-electron chi connectivity index (χ2n) is 5.77. The molecule has 0 radical (unpaired) electrons. The Hall–Kier alpha value is -1.61. The Morgan fingerprint density at radius 1 is 1.31 bits per heavy atom. The topological polar surface area (TPSA) is 51.1 Å². The Labute approximate surface area is 162 Å². The number of carbonyl (C=O) groups is 1. The fraction of sp³-hybridized carbons (Fsp3) is 0.412. The van der Waals surface area contributed by atoms with E-state index in [2.05, 4.69) is 30.6 Å². The number of benzene rings is 1. The van der Waals surface area contributed by atoms with Crippen molar-refractivity contribution in [1.82, 2.24) is 4.90 Å². The first-order valence-electron chi connectivity index (χ1n) is 8.08. The monoisotopic (exact) mass is 446 g/mol. The van der Waals surface area contributed by atoms with Gasteiger partial charge in [-0.1, -0.05) is 0 Å². The van der Waals surface area contributed by atoms with E-state index in [0.717, 1.165) is 31.1 Å². The highest BCUT2D eigenvalue weighted by Gasteiger charge is 2.27. The van der Waals surface area contributed by atoms with Crippen LogP contribution in [0.3, 0.4) is 0 Å². The van der Waals surface area contributed by atoms with E-state index in [9.17, 15) is 13.6 Å². The quantitative estimate of drug-likeness (QED) is 0.636. The summed E-state index contributed by atoms with van der Waals surface area (Å²) in [5, 5.41) is 0.727. The van der Waals surface area contributed by atoms with E-state index in [1.165, 1.54) is 25.3 Å². The van der Waals surface area contributed by atoms with Crippen molar-refractivity contribution in [3.8, 4) is 11.5 Å². The number of carbonyl (C=O) groups excluding carboxylic acids is 1. The predicted molar refractivity (Wildman–Crippen MR) is 101 cm³/mol. The Kier molecular flexibility index (Phi) is 6.18. The van der Waals surface area contributed by atoms with E-state index in [4.69, 9.17) is 4.74 Å². The van der Waals surface area contributed by atoms with Crippen LogP contribution in [0.2, 0.25) is 0 Å². The molecule has 0 spiro atoms. The first kappa shape index (κ1) is 19.2. The third-order valence-electron chi connectivity index (χ3n) is 3.99. The average molecular weight is 447 g/mol. The van der Waals surface area contributed by atoms with Crippen molar-refractivity contribution < 1.29 is 23.0 Å². The normalized spacial score (nSPS) is 19.3. The molecule has 2 aliphatic heterocycles. The van der Waals surface area contributed by atoms with Gasteiger partial charge in [-0.15, -0.1) is 0 Å². The van der Waals surface area contributed by atoms with Gasteiger partial charge in [-0.25, -0.2) is 0 Å². The number of methoxy groups -OCH3 is 1. The molecule has 2 aliphatic rings. The number of amides is 1. The molecule has 0 bridgehead atoms. The maximum absolute atomic E-state index is 12.5. The SMILES string of the molecule is COc1cc(/C=C2/SC(N3CCCCC3)=NC2=O)cc(Br)c1OC(F)F. The zero-order chi connectivity index (χ0) is 18.7. The second kappa shape index (κ2) is 8.39. The van der Waals surface area contributed by atoms with Gasteiger partial charge < -0.3 is 14.4 Å². The molecule has 0 aliphatic carbocycles. The number of thioether (sulfide) groups is 1. The lowest BCUT2D eigenvalue weighted by molar-refractivity contribution is -0.113. The summed E-state index contributed by atoms with van der Waals surface area (Å²) in [5.41, 5.74) is 0.626. The number of nitrogens with zero attached hydrogens (tertiary/aromatic N) is 2. The molecule has 9 heteroatoms. The van der Waals surface area contributed by atoms with Crippen molar-refractivity contribution in [3.05, 3.63) is 27.1 Å². The van der Waals surface area contributed by atoms with Gasteiger partial charge in [0.15, 0.2) is 16.7 Å². The molecular weight excluding hydrogens is 430 g/mol. The number of rotatable bonds is 4. The van der Waals surface area contributed by atoms with Crippen LogP contribution >= 0.6 is 27.7 Å². The first-order chi connectivity index (χ1) is 12.5. The van der Waals surface area contributed by atoms with E-state index < -0.39 is 6.61 Å². The molecule has 0 saturated carbocycles. The Bertz CT molecular complexity index is 765. The smallest absolute Gasteiger partial charge is 0.387 e. The summed E-state index contributed by atoms with van der Waals surface area (Å²) < 4.78 is 35.0. The number of alkyl halides is 2. The van der Waals surface area contributed by atoms with Gasteiger partial charge in [-0.05, 0) is 70.7 Å². The molecular formula is C17H17BrF2N2O3S.